The number of benzene rings is 1. The topological polar surface area (TPSA) is 29.0 Å². The Bertz CT molecular complexity index is 558. The van der Waals surface area contributed by atoms with E-state index < -0.39 is 0 Å². The third-order valence-corrected chi connectivity index (χ3v) is 3.30. The molecule has 0 aliphatic rings. The first-order chi connectivity index (χ1) is 8.63. The molecule has 0 aliphatic heterocycles. The Morgan fingerprint density at radius 2 is 2.06 bits per heavy atom. The van der Waals surface area contributed by atoms with Crippen molar-refractivity contribution in [3.8, 4) is 0 Å². The van der Waals surface area contributed by atoms with E-state index in [4.69, 9.17) is 23.2 Å². The van der Waals surface area contributed by atoms with Crippen molar-refractivity contribution in [2.75, 3.05) is 11.9 Å². The number of halogens is 2. The van der Waals surface area contributed by atoms with Crippen LogP contribution in [-0.2, 0) is 5.88 Å². The molecule has 1 aromatic carbocycles. The molecule has 0 fully saturated rings. The summed E-state index contributed by atoms with van der Waals surface area (Å²) >= 11 is 11.9. The standard InChI is InChI=1S/C13H13Cl2N3/c1-9-4-3-5-10(6-9)18(2)13-11(7-14)12(15)16-8-17-13/h3-6,8H,7H2,1-2H3. The van der Waals surface area contributed by atoms with Crippen molar-refractivity contribution >= 4 is 34.7 Å². The van der Waals surface area contributed by atoms with E-state index in [1.165, 1.54) is 11.9 Å². The van der Waals surface area contributed by atoms with Crippen LogP contribution in [0.5, 0.6) is 0 Å². The molecule has 0 saturated heterocycles. The van der Waals surface area contributed by atoms with Crippen molar-refractivity contribution < 1.29 is 0 Å². The van der Waals surface area contributed by atoms with Crippen LogP contribution >= 0.6 is 23.2 Å². The van der Waals surface area contributed by atoms with Gasteiger partial charge in [-0.3, -0.25) is 0 Å². The number of hydrogen-bond acceptors (Lipinski definition) is 3. The average Bonchev–Trinajstić information content (AvgIpc) is 2.37. The van der Waals surface area contributed by atoms with Crippen molar-refractivity contribution in [1.82, 2.24) is 9.97 Å². The molecular weight excluding hydrogens is 269 g/mol. The molecule has 0 radical (unpaired) electrons. The first kappa shape index (κ1) is 13.1. The number of aryl methyl sites for hydroxylation is 1. The number of nitrogens with zero attached hydrogens (tertiary/aromatic N) is 3. The number of anilines is 2. The summed E-state index contributed by atoms with van der Waals surface area (Å²) in [6, 6.07) is 8.14. The van der Waals surface area contributed by atoms with Gasteiger partial charge in [0.2, 0.25) is 0 Å². The Hall–Kier alpha value is -1.32. The third-order valence-electron chi connectivity index (χ3n) is 2.71. The van der Waals surface area contributed by atoms with Crippen LogP contribution in [0.1, 0.15) is 11.1 Å². The molecule has 0 saturated carbocycles. The van der Waals surface area contributed by atoms with Crippen molar-refractivity contribution in [1.29, 1.82) is 0 Å². The summed E-state index contributed by atoms with van der Waals surface area (Å²) in [7, 11) is 1.93. The highest BCUT2D eigenvalue weighted by atomic mass is 35.5. The number of aromatic nitrogens is 2. The van der Waals surface area contributed by atoms with Gasteiger partial charge < -0.3 is 4.90 Å². The van der Waals surface area contributed by atoms with Crippen LogP contribution in [0.4, 0.5) is 11.5 Å². The Kier molecular flexibility index (Phi) is 4.04. The monoisotopic (exact) mass is 281 g/mol. The van der Waals surface area contributed by atoms with Crippen LogP contribution in [0.25, 0.3) is 0 Å². The smallest absolute Gasteiger partial charge is 0.142 e. The Morgan fingerprint density at radius 1 is 1.28 bits per heavy atom. The van der Waals surface area contributed by atoms with E-state index in [0.29, 0.717) is 5.15 Å². The van der Waals surface area contributed by atoms with E-state index in [-0.39, 0.29) is 5.88 Å². The van der Waals surface area contributed by atoms with Crippen LogP contribution in [0, 0.1) is 6.92 Å². The first-order valence-corrected chi connectivity index (χ1v) is 6.40. The summed E-state index contributed by atoms with van der Waals surface area (Å²) < 4.78 is 0. The molecule has 5 heteroatoms. The van der Waals surface area contributed by atoms with E-state index in [2.05, 4.69) is 16.0 Å². The highest BCUT2D eigenvalue weighted by Crippen LogP contribution is 2.29. The van der Waals surface area contributed by atoms with Gasteiger partial charge in [-0.1, -0.05) is 23.7 Å². The lowest BCUT2D eigenvalue weighted by atomic mass is 10.2. The van der Waals surface area contributed by atoms with Crippen LogP contribution < -0.4 is 4.90 Å². The molecule has 18 heavy (non-hydrogen) atoms. The van der Waals surface area contributed by atoms with Gasteiger partial charge in [-0.05, 0) is 24.6 Å². The van der Waals surface area contributed by atoms with Crippen molar-refractivity contribution in [2.45, 2.75) is 12.8 Å². The zero-order valence-electron chi connectivity index (χ0n) is 10.2. The van der Waals surface area contributed by atoms with Crippen LogP contribution in [0.3, 0.4) is 0 Å². The largest absolute Gasteiger partial charge is 0.329 e. The number of rotatable bonds is 3. The third kappa shape index (κ3) is 2.57. The van der Waals surface area contributed by atoms with Gasteiger partial charge in [-0.25, -0.2) is 9.97 Å². The second-order valence-electron chi connectivity index (χ2n) is 4.00. The van der Waals surface area contributed by atoms with Crippen LogP contribution in [-0.4, -0.2) is 17.0 Å². The molecule has 1 heterocycles. The van der Waals surface area contributed by atoms with E-state index >= 15 is 0 Å². The van der Waals surface area contributed by atoms with Crippen molar-refractivity contribution in [3.63, 3.8) is 0 Å². The lowest BCUT2D eigenvalue weighted by molar-refractivity contribution is 1.04. The molecule has 0 bridgehead atoms. The van der Waals surface area contributed by atoms with Gasteiger partial charge in [0.15, 0.2) is 0 Å². The molecule has 0 unspecified atom stereocenters. The van der Waals surface area contributed by atoms with Crippen molar-refractivity contribution in [2.24, 2.45) is 0 Å². The van der Waals surface area contributed by atoms with E-state index in [9.17, 15) is 0 Å². The minimum absolute atomic E-state index is 0.283. The average molecular weight is 282 g/mol. The maximum absolute atomic E-state index is 6.03. The molecule has 2 aromatic rings. The van der Waals surface area contributed by atoms with E-state index in [1.54, 1.807) is 0 Å². The van der Waals surface area contributed by atoms with Gasteiger partial charge in [-0.2, -0.15) is 0 Å². The maximum Gasteiger partial charge on any atom is 0.142 e. The van der Waals surface area contributed by atoms with Crippen molar-refractivity contribution in [3.05, 3.63) is 46.9 Å². The highest BCUT2D eigenvalue weighted by Gasteiger charge is 2.14. The Balaban J connectivity index is 2.46. The Morgan fingerprint density at radius 3 is 2.72 bits per heavy atom. The molecule has 0 aliphatic carbocycles. The van der Waals surface area contributed by atoms with Gasteiger partial charge in [0.05, 0.1) is 5.88 Å². The second kappa shape index (κ2) is 5.55. The van der Waals surface area contributed by atoms with E-state index in [1.807, 2.05) is 37.1 Å². The van der Waals surface area contributed by atoms with Gasteiger partial charge >= 0.3 is 0 Å². The molecule has 94 valence electrons. The SMILES string of the molecule is Cc1cccc(N(C)c2ncnc(Cl)c2CCl)c1. The zero-order chi connectivity index (χ0) is 13.1. The predicted octanol–water partition coefficient (Wildman–Crippen LogP) is 3.95. The fourth-order valence-electron chi connectivity index (χ4n) is 1.75. The summed E-state index contributed by atoms with van der Waals surface area (Å²) in [6.07, 6.45) is 1.44. The lowest BCUT2D eigenvalue weighted by Crippen LogP contribution is -2.14. The minimum Gasteiger partial charge on any atom is -0.329 e. The fourth-order valence-corrected chi connectivity index (χ4v) is 2.25. The lowest BCUT2D eigenvalue weighted by Gasteiger charge is -2.21. The molecule has 3 nitrogen and oxygen atoms in total. The first-order valence-electron chi connectivity index (χ1n) is 5.49. The maximum atomic E-state index is 6.03. The van der Waals surface area contributed by atoms with Gasteiger partial charge in [-0.15, -0.1) is 11.6 Å². The Labute approximate surface area is 116 Å². The number of alkyl halides is 1. The molecule has 0 spiro atoms. The quantitative estimate of drug-likeness (QED) is 0.630. The van der Waals surface area contributed by atoms with E-state index in [0.717, 1.165) is 17.1 Å². The van der Waals surface area contributed by atoms with Gasteiger partial charge in [0, 0.05) is 18.3 Å². The van der Waals surface area contributed by atoms with Gasteiger partial charge in [0.25, 0.3) is 0 Å². The second-order valence-corrected chi connectivity index (χ2v) is 4.62. The predicted molar refractivity (Wildman–Crippen MR) is 75.8 cm³/mol. The molecule has 0 amide bonds. The van der Waals surface area contributed by atoms with Crippen LogP contribution in [0.15, 0.2) is 30.6 Å². The molecular formula is C13H13Cl2N3. The van der Waals surface area contributed by atoms with Gasteiger partial charge in [0.1, 0.15) is 17.3 Å². The normalized spacial score (nSPS) is 10.4. The molecule has 0 atom stereocenters. The number of hydrogen-bond donors (Lipinski definition) is 0. The summed E-state index contributed by atoms with van der Waals surface area (Å²) in [4.78, 5) is 10.2. The van der Waals surface area contributed by atoms with Crippen LogP contribution in [0.2, 0.25) is 5.15 Å². The summed E-state index contributed by atoms with van der Waals surface area (Å²) in [5.74, 6) is 1.01. The molecule has 1 aromatic heterocycles. The zero-order valence-corrected chi connectivity index (χ0v) is 11.7. The molecule has 2 rings (SSSR count). The summed E-state index contributed by atoms with van der Waals surface area (Å²) in [5, 5.41) is 0.398. The minimum atomic E-state index is 0.283. The summed E-state index contributed by atoms with van der Waals surface area (Å²) in [5.41, 5.74) is 2.97. The highest BCUT2D eigenvalue weighted by molar-refractivity contribution is 6.31. The molecule has 0 N–H and O–H groups in total. The summed E-state index contributed by atoms with van der Waals surface area (Å²) in [6.45, 7) is 2.05. The fraction of sp³-hybridized carbons (Fsp3) is 0.231.